The van der Waals surface area contributed by atoms with E-state index in [1.807, 2.05) is 19.0 Å². The third kappa shape index (κ3) is 4.31. The van der Waals surface area contributed by atoms with Gasteiger partial charge in [-0.15, -0.1) is 0 Å². The lowest BCUT2D eigenvalue weighted by Gasteiger charge is -2.30. The van der Waals surface area contributed by atoms with Crippen molar-refractivity contribution in [3.63, 3.8) is 0 Å². The van der Waals surface area contributed by atoms with Crippen LogP contribution in [0.15, 0.2) is 42.5 Å². The molecule has 0 radical (unpaired) electrons. The predicted molar refractivity (Wildman–Crippen MR) is 122 cm³/mol. The van der Waals surface area contributed by atoms with Crippen molar-refractivity contribution < 1.29 is 23.9 Å². The highest BCUT2D eigenvalue weighted by Gasteiger charge is 2.40. The van der Waals surface area contributed by atoms with E-state index >= 15 is 0 Å². The fourth-order valence-electron chi connectivity index (χ4n) is 3.99. The predicted octanol–water partition coefficient (Wildman–Crippen LogP) is 1.99. The van der Waals surface area contributed by atoms with Crippen molar-refractivity contribution in [2.24, 2.45) is 0 Å². The second-order valence-electron chi connectivity index (χ2n) is 8.36. The lowest BCUT2D eigenvalue weighted by molar-refractivity contribution is -0.121. The quantitative estimate of drug-likeness (QED) is 0.648. The molecule has 0 aromatic heterocycles. The van der Waals surface area contributed by atoms with E-state index in [1.54, 1.807) is 47.4 Å². The Kier molecular flexibility index (Phi) is 6.15. The molecular weight excluding hydrogens is 424 g/mol. The van der Waals surface area contributed by atoms with Gasteiger partial charge in [0.2, 0.25) is 5.91 Å². The Labute approximate surface area is 191 Å². The van der Waals surface area contributed by atoms with Gasteiger partial charge in [-0.25, -0.2) is 0 Å². The second-order valence-corrected chi connectivity index (χ2v) is 8.36. The average Bonchev–Trinajstić information content (AvgIpc) is 3.05. The topological polar surface area (TPSA) is 99.3 Å². The van der Waals surface area contributed by atoms with E-state index in [0.29, 0.717) is 34.8 Å². The van der Waals surface area contributed by atoms with Crippen molar-refractivity contribution in [3.05, 3.63) is 53.6 Å². The Morgan fingerprint density at radius 1 is 1.09 bits per heavy atom. The molecule has 0 fully saturated rings. The third-order valence-corrected chi connectivity index (χ3v) is 5.75. The van der Waals surface area contributed by atoms with Crippen molar-refractivity contribution in [3.8, 4) is 5.75 Å². The smallest absolute Gasteiger partial charge is 0.265 e. The maximum Gasteiger partial charge on any atom is 0.265 e. The van der Waals surface area contributed by atoms with E-state index in [2.05, 4.69) is 5.32 Å². The molecule has 0 spiro atoms. The molecule has 2 aromatic carbocycles. The monoisotopic (exact) mass is 450 g/mol. The fourth-order valence-corrected chi connectivity index (χ4v) is 3.99. The SMILES string of the molecule is CC(C(=O)Nc1ccc2c(c1)N(CCCN(C)C)C(=O)CO2)N1C(=O)c2ccccc2C1=O. The van der Waals surface area contributed by atoms with Gasteiger partial charge in [0, 0.05) is 12.2 Å². The molecule has 0 saturated heterocycles. The van der Waals surface area contributed by atoms with E-state index in [1.165, 1.54) is 6.92 Å². The zero-order valence-corrected chi connectivity index (χ0v) is 18.8. The number of hydrogen-bond acceptors (Lipinski definition) is 6. The van der Waals surface area contributed by atoms with Gasteiger partial charge in [0.05, 0.1) is 16.8 Å². The molecule has 1 unspecified atom stereocenters. The molecule has 2 aliphatic heterocycles. The molecule has 0 aliphatic carbocycles. The van der Waals surface area contributed by atoms with Gasteiger partial charge in [-0.3, -0.25) is 24.1 Å². The summed E-state index contributed by atoms with van der Waals surface area (Å²) in [6, 6.07) is 10.5. The van der Waals surface area contributed by atoms with Crippen molar-refractivity contribution in [1.82, 2.24) is 9.80 Å². The number of nitrogens with one attached hydrogen (secondary N) is 1. The van der Waals surface area contributed by atoms with Crippen LogP contribution in [0.4, 0.5) is 11.4 Å². The Bertz CT molecular complexity index is 1090. The standard InChI is InChI=1S/C24H26N4O5/c1-15(28-23(31)17-7-4-5-8-18(17)24(28)32)22(30)25-16-9-10-20-19(13-16)27(21(29)14-33-20)12-6-11-26(2)3/h4-5,7-10,13,15H,6,11-12,14H2,1-3H3,(H,25,30). The lowest BCUT2D eigenvalue weighted by Crippen LogP contribution is -2.45. The summed E-state index contributed by atoms with van der Waals surface area (Å²) >= 11 is 0. The Morgan fingerprint density at radius 2 is 1.76 bits per heavy atom. The first kappa shape index (κ1) is 22.5. The van der Waals surface area contributed by atoms with Gasteiger partial charge in [0.15, 0.2) is 6.61 Å². The van der Waals surface area contributed by atoms with Gasteiger partial charge >= 0.3 is 0 Å². The van der Waals surface area contributed by atoms with E-state index in [0.717, 1.165) is 17.9 Å². The summed E-state index contributed by atoms with van der Waals surface area (Å²) in [5, 5.41) is 2.76. The molecule has 1 N–H and O–H groups in total. The van der Waals surface area contributed by atoms with Gasteiger partial charge in [-0.2, -0.15) is 0 Å². The number of anilines is 2. The molecule has 2 heterocycles. The maximum atomic E-state index is 12.9. The van der Waals surface area contributed by atoms with Gasteiger partial charge in [0.25, 0.3) is 17.7 Å². The number of carbonyl (C=O) groups excluding carboxylic acids is 4. The number of benzene rings is 2. The number of ether oxygens (including phenoxy) is 1. The first-order valence-electron chi connectivity index (χ1n) is 10.8. The zero-order chi connectivity index (χ0) is 23.7. The molecule has 9 nitrogen and oxygen atoms in total. The summed E-state index contributed by atoms with van der Waals surface area (Å²) < 4.78 is 5.53. The Balaban J connectivity index is 1.50. The summed E-state index contributed by atoms with van der Waals surface area (Å²) in [6.45, 7) is 2.83. The maximum absolute atomic E-state index is 12.9. The molecular formula is C24H26N4O5. The van der Waals surface area contributed by atoms with Crippen LogP contribution in [0.25, 0.3) is 0 Å². The van der Waals surface area contributed by atoms with Crippen molar-refractivity contribution in [2.45, 2.75) is 19.4 Å². The fraction of sp³-hybridized carbons (Fsp3) is 0.333. The number of hydrogen-bond donors (Lipinski definition) is 1. The lowest BCUT2D eigenvalue weighted by atomic mass is 10.1. The molecule has 0 bridgehead atoms. The summed E-state index contributed by atoms with van der Waals surface area (Å²) in [5.74, 6) is -1.08. The number of fused-ring (bicyclic) bond motifs is 2. The minimum absolute atomic E-state index is 0.0303. The largest absolute Gasteiger partial charge is 0.482 e. The summed E-state index contributed by atoms with van der Waals surface area (Å²) in [7, 11) is 3.94. The van der Waals surface area contributed by atoms with E-state index in [4.69, 9.17) is 4.74 Å². The first-order chi connectivity index (χ1) is 15.8. The summed E-state index contributed by atoms with van der Waals surface area (Å²) in [4.78, 5) is 55.4. The molecule has 2 aromatic rings. The van der Waals surface area contributed by atoms with Crippen LogP contribution in [-0.4, -0.2) is 73.3 Å². The number of amides is 4. The first-order valence-corrected chi connectivity index (χ1v) is 10.8. The number of carbonyl (C=O) groups is 4. The molecule has 172 valence electrons. The highest BCUT2D eigenvalue weighted by molar-refractivity contribution is 6.23. The zero-order valence-electron chi connectivity index (χ0n) is 18.8. The minimum Gasteiger partial charge on any atom is -0.482 e. The van der Waals surface area contributed by atoms with Crippen LogP contribution in [0.2, 0.25) is 0 Å². The van der Waals surface area contributed by atoms with Crippen LogP contribution in [0.1, 0.15) is 34.1 Å². The number of rotatable bonds is 7. The van der Waals surface area contributed by atoms with E-state index < -0.39 is 23.8 Å². The average molecular weight is 450 g/mol. The molecule has 1 atom stereocenters. The minimum atomic E-state index is -1.01. The molecule has 9 heteroatoms. The van der Waals surface area contributed by atoms with Crippen LogP contribution >= 0.6 is 0 Å². The van der Waals surface area contributed by atoms with Crippen molar-refractivity contribution >= 4 is 35.0 Å². The van der Waals surface area contributed by atoms with Crippen LogP contribution in [0.3, 0.4) is 0 Å². The van der Waals surface area contributed by atoms with Gasteiger partial charge in [0.1, 0.15) is 11.8 Å². The van der Waals surface area contributed by atoms with Crippen LogP contribution in [-0.2, 0) is 9.59 Å². The van der Waals surface area contributed by atoms with Gasteiger partial charge in [-0.05, 0) is 64.3 Å². The Morgan fingerprint density at radius 3 is 2.39 bits per heavy atom. The normalized spacial score (nSPS) is 15.9. The third-order valence-electron chi connectivity index (χ3n) is 5.75. The number of imide groups is 1. The molecule has 4 amide bonds. The van der Waals surface area contributed by atoms with Gasteiger partial charge in [-0.1, -0.05) is 12.1 Å². The highest BCUT2D eigenvalue weighted by atomic mass is 16.5. The van der Waals surface area contributed by atoms with Crippen LogP contribution in [0.5, 0.6) is 5.75 Å². The van der Waals surface area contributed by atoms with Crippen LogP contribution < -0.4 is 15.0 Å². The molecule has 0 saturated carbocycles. The van der Waals surface area contributed by atoms with Gasteiger partial charge < -0.3 is 19.9 Å². The van der Waals surface area contributed by atoms with Crippen LogP contribution in [0, 0.1) is 0 Å². The molecule has 4 rings (SSSR count). The van der Waals surface area contributed by atoms with E-state index in [9.17, 15) is 19.2 Å². The molecule has 2 aliphatic rings. The highest BCUT2D eigenvalue weighted by Crippen LogP contribution is 2.35. The Hall–Kier alpha value is -3.72. The van der Waals surface area contributed by atoms with Crippen molar-refractivity contribution in [2.75, 3.05) is 44.0 Å². The summed E-state index contributed by atoms with van der Waals surface area (Å²) in [5.41, 5.74) is 1.61. The summed E-state index contributed by atoms with van der Waals surface area (Å²) in [6.07, 6.45) is 0.783. The second kappa shape index (κ2) is 9.03. The van der Waals surface area contributed by atoms with Crippen molar-refractivity contribution in [1.29, 1.82) is 0 Å². The molecule has 33 heavy (non-hydrogen) atoms. The van der Waals surface area contributed by atoms with E-state index in [-0.39, 0.29) is 12.5 Å². The number of nitrogens with zero attached hydrogens (tertiary/aromatic N) is 3.